The summed E-state index contributed by atoms with van der Waals surface area (Å²) < 4.78 is 30.8. The van der Waals surface area contributed by atoms with Gasteiger partial charge < -0.3 is 4.74 Å². The molecule has 0 saturated heterocycles. The Morgan fingerprint density at radius 1 is 1.33 bits per heavy atom. The molecular formula is C13H19NO3S. The van der Waals surface area contributed by atoms with Crippen LogP contribution in [0.1, 0.15) is 35.4 Å². The summed E-state index contributed by atoms with van der Waals surface area (Å²) >= 11 is 0. The Morgan fingerprint density at radius 2 is 1.94 bits per heavy atom. The van der Waals surface area contributed by atoms with Crippen molar-refractivity contribution in [2.24, 2.45) is 0 Å². The largest absolute Gasteiger partial charge is 0.358 e. The van der Waals surface area contributed by atoms with E-state index in [1.165, 1.54) is 10.6 Å². The monoisotopic (exact) mass is 269 g/mol. The van der Waals surface area contributed by atoms with Crippen LogP contribution in [0.2, 0.25) is 0 Å². The smallest absolute Gasteiger partial charge is 0.213 e. The predicted octanol–water partition coefficient (Wildman–Crippen LogP) is 2.11. The van der Waals surface area contributed by atoms with E-state index >= 15 is 0 Å². The zero-order valence-electron chi connectivity index (χ0n) is 11.2. The van der Waals surface area contributed by atoms with E-state index in [4.69, 9.17) is 4.74 Å². The van der Waals surface area contributed by atoms with Gasteiger partial charge in [-0.3, -0.25) is 0 Å². The average Bonchev–Trinajstić information content (AvgIpc) is 2.65. The normalized spacial score (nSPS) is 20.1. The molecule has 0 bridgehead atoms. The Morgan fingerprint density at radius 3 is 2.50 bits per heavy atom. The Kier molecular flexibility index (Phi) is 3.49. The van der Waals surface area contributed by atoms with Gasteiger partial charge in [-0.15, -0.1) is 0 Å². The second-order valence-corrected chi connectivity index (χ2v) is 6.64. The number of hydrogen-bond acceptors (Lipinski definition) is 3. The van der Waals surface area contributed by atoms with Crippen LogP contribution in [0, 0.1) is 13.8 Å². The van der Waals surface area contributed by atoms with E-state index in [0.717, 1.165) is 22.3 Å². The fourth-order valence-electron chi connectivity index (χ4n) is 2.44. The molecule has 0 N–H and O–H groups in total. The maximum atomic E-state index is 11.9. The van der Waals surface area contributed by atoms with Crippen LogP contribution in [-0.2, 0) is 21.3 Å². The minimum atomic E-state index is -3.27. The summed E-state index contributed by atoms with van der Waals surface area (Å²) in [7, 11) is -3.27. The molecule has 0 aliphatic carbocycles. The van der Waals surface area contributed by atoms with E-state index in [-0.39, 0.29) is 0 Å². The number of fused-ring (bicyclic) bond motifs is 1. The third kappa shape index (κ3) is 2.18. The van der Waals surface area contributed by atoms with Gasteiger partial charge >= 0.3 is 0 Å². The minimum absolute atomic E-state index is 0.409. The maximum absolute atomic E-state index is 11.9. The van der Waals surface area contributed by atoms with Gasteiger partial charge in [-0.25, -0.2) is 8.42 Å². The van der Waals surface area contributed by atoms with Crippen molar-refractivity contribution in [1.82, 2.24) is 4.31 Å². The zero-order chi connectivity index (χ0) is 13.5. The number of rotatable bonds is 3. The molecule has 1 aromatic rings. The highest BCUT2D eigenvalue weighted by Gasteiger charge is 2.38. The topological polar surface area (TPSA) is 46.6 Å². The predicted molar refractivity (Wildman–Crippen MR) is 70.7 cm³/mol. The van der Waals surface area contributed by atoms with Gasteiger partial charge in [0.05, 0.1) is 6.26 Å². The van der Waals surface area contributed by atoms with Gasteiger partial charge in [0.15, 0.2) is 6.23 Å². The molecule has 1 atom stereocenters. The second-order valence-electron chi connectivity index (χ2n) is 4.71. The molecule has 100 valence electrons. The van der Waals surface area contributed by atoms with Gasteiger partial charge in [-0.1, -0.05) is 12.1 Å². The molecule has 0 radical (unpaired) electrons. The summed E-state index contributed by atoms with van der Waals surface area (Å²) in [6.45, 7) is 6.78. The van der Waals surface area contributed by atoms with Crippen molar-refractivity contribution in [3.8, 4) is 0 Å². The van der Waals surface area contributed by atoms with Crippen molar-refractivity contribution in [2.45, 2.75) is 33.5 Å². The molecule has 0 aromatic heterocycles. The number of ether oxygens (including phenoxy) is 1. The zero-order valence-corrected chi connectivity index (χ0v) is 12.0. The third-order valence-electron chi connectivity index (χ3n) is 3.38. The van der Waals surface area contributed by atoms with Gasteiger partial charge in [0.2, 0.25) is 10.0 Å². The first kappa shape index (κ1) is 13.5. The lowest BCUT2D eigenvalue weighted by molar-refractivity contribution is -0.00589. The molecule has 0 amide bonds. The van der Waals surface area contributed by atoms with Crippen molar-refractivity contribution in [2.75, 3.05) is 12.9 Å². The van der Waals surface area contributed by atoms with Crippen molar-refractivity contribution in [3.63, 3.8) is 0 Å². The second kappa shape index (κ2) is 4.64. The van der Waals surface area contributed by atoms with E-state index in [9.17, 15) is 8.42 Å². The van der Waals surface area contributed by atoms with Gasteiger partial charge in [0.1, 0.15) is 0 Å². The number of benzene rings is 1. The lowest BCUT2D eigenvalue weighted by Gasteiger charge is -2.23. The molecule has 1 unspecified atom stereocenters. The van der Waals surface area contributed by atoms with Crippen LogP contribution in [0.4, 0.5) is 0 Å². The summed E-state index contributed by atoms with van der Waals surface area (Å²) in [4.78, 5) is 0. The number of sulfonamides is 1. The molecule has 1 aliphatic rings. The SMILES string of the molecule is CCOC1c2c(C)ccc(C)c2CN1S(C)(=O)=O. The summed E-state index contributed by atoms with van der Waals surface area (Å²) in [6.07, 6.45) is 0.759. The van der Waals surface area contributed by atoms with Crippen molar-refractivity contribution in [3.05, 3.63) is 34.4 Å². The average molecular weight is 269 g/mol. The number of hydrogen-bond donors (Lipinski definition) is 0. The molecule has 0 saturated carbocycles. The highest BCUT2D eigenvalue weighted by atomic mass is 32.2. The van der Waals surface area contributed by atoms with Crippen LogP contribution in [0.15, 0.2) is 12.1 Å². The first-order chi connectivity index (χ1) is 8.36. The molecule has 2 rings (SSSR count). The quantitative estimate of drug-likeness (QED) is 0.844. The lowest BCUT2D eigenvalue weighted by Crippen LogP contribution is -2.30. The Bertz CT molecular complexity index is 566. The van der Waals surface area contributed by atoms with E-state index in [0.29, 0.717) is 13.2 Å². The highest BCUT2D eigenvalue weighted by Crippen LogP contribution is 2.39. The van der Waals surface area contributed by atoms with Crippen molar-refractivity contribution in [1.29, 1.82) is 0 Å². The van der Waals surface area contributed by atoms with Gasteiger partial charge in [0, 0.05) is 18.7 Å². The van der Waals surface area contributed by atoms with Crippen molar-refractivity contribution >= 4 is 10.0 Å². The molecule has 1 aliphatic heterocycles. The molecule has 0 spiro atoms. The fraction of sp³-hybridized carbons (Fsp3) is 0.538. The standard InChI is InChI=1S/C13H19NO3S/c1-5-17-13-12-10(3)7-6-9(2)11(12)8-14(13)18(4,15)16/h6-7,13H,5,8H2,1-4H3. The molecule has 18 heavy (non-hydrogen) atoms. The first-order valence-corrected chi connectivity index (χ1v) is 7.88. The van der Waals surface area contributed by atoms with Gasteiger partial charge in [-0.2, -0.15) is 4.31 Å². The molecule has 1 aromatic carbocycles. The van der Waals surface area contributed by atoms with E-state index < -0.39 is 16.3 Å². The van der Waals surface area contributed by atoms with Crippen LogP contribution in [0.25, 0.3) is 0 Å². The molecule has 4 nitrogen and oxygen atoms in total. The van der Waals surface area contributed by atoms with E-state index in [1.54, 1.807) is 0 Å². The van der Waals surface area contributed by atoms with E-state index in [1.807, 2.05) is 32.9 Å². The van der Waals surface area contributed by atoms with Crippen LogP contribution < -0.4 is 0 Å². The van der Waals surface area contributed by atoms with Gasteiger partial charge in [-0.05, 0) is 37.5 Å². The first-order valence-electron chi connectivity index (χ1n) is 6.03. The number of aryl methyl sites for hydroxylation is 2. The molecule has 5 heteroatoms. The molecule has 1 heterocycles. The lowest BCUT2D eigenvalue weighted by atomic mass is 9.99. The summed E-state index contributed by atoms with van der Waals surface area (Å²) in [6, 6.07) is 4.05. The third-order valence-corrected chi connectivity index (χ3v) is 4.55. The summed E-state index contributed by atoms with van der Waals surface area (Å²) in [5, 5.41) is 0. The minimum Gasteiger partial charge on any atom is -0.358 e. The fourth-order valence-corrected chi connectivity index (χ4v) is 3.32. The maximum Gasteiger partial charge on any atom is 0.213 e. The number of nitrogens with zero attached hydrogens (tertiary/aromatic N) is 1. The Labute approximate surface area is 109 Å². The Balaban J connectivity index is 2.57. The summed E-state index contributed by atoms with van der Waals surface area (Å²) in [5.74, 6) is 0. The van der Waals surface area contributed by atoms with Gasteiger partial charge in [0.25, 0.3) is 0 Å². The van der Waals surface area contributed by atoms with Crippen LogP contribution >= 0.6 is 0 Å². The van der Waals surface area contributed by atoms with Crippen LogP contribution in [0.5, 0.6) is 0 Å². The van der Waals surface area contributed by atoms with Crippen LogP contribution in [0.3, 0.4) is 0 Å². The van der Waals surface area contributed by atoms with E-state index in [2.05, 4.69) is 0 Å². The summed E-state index contributed by atoms with van der Waals surface area (Å²) in [5.41, 5.74) is 4.30. The van der Waals surface area contributed by atoms with Crippen LogP contribution in [-0.4, -0.2) is 25.6 Å². The Hall–Kier alpha value is -0.910. The highest BCUT2D eigenvalue weighted by molar-refractivity contribution is 7.88. The molecular weight excluding hydrogens is 250 g/mol. The van der Waals surface area contributed by atoms with Crippen molar-refractivity contribution < 1.29 is 13.2 Å². The molecule has 0 fully saturated rings.